The fourth-order valence-electron chi connectivity index (χ4n) is 3.25. The number of piperidine rings is 1. The van der Waals surface area contributed by atoms with E-state index in [4.69, 9.17) is 21.3 Å². The van der Waals surface area contributed by atoms with Gasteiger partial charge in [-0.15, -0.1) is 16.4 Å². The van der Waals surface area contributed by atoms with E-state index < -0.39 is 0 Å². The van der Waals surface area contributed by atoms with Gasteiger partial charge in [0.05, 0.1) is 46.4 Å². The van der Waals surface area contributed by atoms with Gasteiger partial charge in [-0.1, -0.05) is 11.6 Å². The zero-order valence-corrected chi connectivity index (χ0v) is 18.5. The number of hydrogen-bond donors (Lipinski definition) is 0. The van der Waals surface area contributed by atoms with Crippen LogP contribution in [0.3, 0.4) is 0 Å². The van der Waals surface area contributed by atoms with Crippen LogP contribution >= 0.6 is 22.9 Å². The molecule has 0 unspecified atom stereocenters. The van der Waals surface area contributed by atoms with Crippen LogP contribution < -0.4 is 4.90 Å². The smallest absolute Gasteiger partial charge is 0.225 e. The first-order chi connectivity index (χ1) is 15.7. The van der Waals surface area contributed by atoms with Crippen molar-refractivity contribution in [1.29, 1.82) is 0 Å². The number of thiazole rings is 1. The minimum absolute atomic E-state index is 0.359. The van der Waals surface area contributed by atoms with Gasteiger partial charge in [-0.2, -0.15) is 0 Å². The molecule has 1 aliphatic heterocycles. The van der Waals surface area contributed by atoms with Crippen LogP contribution in [0.5, 0.6) is 0 Å². The normalized spacial score (nSPS) is 15.8. The Balaban J connectivity index is 1.26. The van der Waals surface area contributed by atoms with Crippen molar-refractivity contribution in [3.8, 4) is 0 Å². The molecule has 4 rings (SSSR count). The summed E-state index contributed by atoms with van der Waals surface area (Å²) in [7, 11) is 0. The highest BCUT2D eigenvalue weighted by Gasteiger charge is 2.24. The molecule has 1 saturated heterocycles. The standard InChI is InChI=1S/C20H20ClFN8OS/c21-16-10-23-20(24-11-16)29-7-4-15(5-8-29)19-26-17(13-32-19)12-31-9-1-2-18(3-6-22)30-14-25-27-28-30/h1-3,6,9-11,13-15H,4-5,7-8,12H2/b6-3+,9-1+,18-2+. The fourth-order valence-corrected chi connectivity index (χ4v) is 4.32. The molecule has 166 valence electrons. The minimum Gasteiger partial charge on any atom is -0.495 e. The van der Waals surface area contributed by atoms with Gasteiger partial charge in [-0.05, 0) is 41.5 Å². The summed E-state index contributed by atoms with van der Waals surface area (Å²) in [6.45, 7) is 2.12. The zero-order valence-electron chi connectivity index (χ0n) is 17.0. The molecule has 4 heterocycles. The van der Waals surface area contributed by atoms with Gasteiger partial charge >= 0.3 is 0 Å². The molecular formula is C20H20ClFN8OS. The fraction of sp³-hybridized carbons (Fsp3) is 0.300. The first-order valence-corrected chi connectivity index (χ1v) is 11.1. The van der Waals surface area contributed by atoms with Crippen molar-refractivity contribution in [2.45, 2.75) is 25.4 Å². The van der Waals surface area contributed by atoms with E-state index in [1.807, 2.05) is 5.38 Å². The maximum atomic E-state index is 12.5. The lowest BCUT2D eigenvalue weighted by Crippen LogP contribution is -2.34. The van der Waals surface area contributed by atoms with Gasteiger partial charge < -0.3 is 9.64 Å². The lowest BCUT2D eigenvalue weighted by Gasteiger charge is -2.30. The van der Waals surface area contributed by atoms with Gasteiger partial charge in [0.15, 0.2) is 0 Å². The quantitative estimate of drug-likeness (QED) is 0.357. The molecule has 0 radical (unpaired) electrons. The van der Waals surface area contributed by atoms with Crippen LogP contribution in [0.25, 0.3) is 5.70 Å². The van der Waals surface area contributed by atoms with Gasteiger partial charge in [0.2, 0.25) is 5.95 Å². The Bertz CT molecular complexity index is 1080. The molecule has 0 atom stereocenters. The minimum atomic E-state index is 0.359. The van der Waals surface area contributed by atoms with Crippen molar-refractivity contribution in [1.82, 2.24) is 35.2 Å². The second kappa shape index (κ2) is 10.9. The third-order valence-electron chi connectivity index (χ3n) is 4.82. The van der Waals surface area contributed by atoms with Gasteiger partial charge in [0.25, 0.3) is 0 Å². The average molecular weight is 475 g/mol. The Morgan fingerprint density at radius 2 is 2.09 bits per heavy atom. The Morgan fingerprint density at radius 1 is 1.28 bits per heavy atom. The van der Waals surface area contributed by atoms with Gasteiger partial charge in [-0.3, -0.25) is 0 Å². The predicted octanol–water partition coefficient (Wildman–Crippen LogP) is 4.01. The molecule has 12 heteroatoms. The second-order valence-electron chi connectivity index (χ2n) is 6.92. The van der Waals surface area contributed by atoms with Crippen molar-refractivity contribution in [2.75, 3.05) is 18.0 Å². The number of ether oxygens (including phenoxy) is 1. The number of aromatic nitrogens is 7. The molecule has 1 aliphatic rings. The van der Waals surface area contributed by atoms with Crippen LogP contribution in [0.1, 0.15) is 29.5 Å². The Kier molecular flexibility index (Phi) is 7.51. The number of nitrogens with zero attached hydrogens (tertiary/aromatic N) is 8. The second-order valence-corrected chi connectivity index (χ2v) is 8.24. The highest BCUT2D eigenvalue weighted by Crippen LogP contribution is 2.31. The average Bonchev–Trinajstić information content (AvgIpc) is 3.52. The van der Waals surface area contributed by atoms with Gasteiger partial charge in [-0.25, -0.2) is 24.0 Å². The van der Waals surface area contributed by atoms with Crippen LogP contribution in [0.4, 0.5) is 10.3 Å². The maximum Gasteiger partial charge on any atom is 0.225 e. The van der Waals surface area contributed by atoms with E-state index in [9.17, 15) is 4.39 Å². The van der Waals surface area contributed by atoms with Crippen molar-refractivity contribution in [2.24, 2.45) is 0 Å². The third kappa shape index (κ3) is 5.74. The van der Waals surface area contributed by atoms with Gasteiger partial charge in [0, 0.05) is 24.4 Å². The number of anilines is 1. The third-order valence-corrected chi connectivity index (χ3v) is 6.07. The summed E-state index contributed by atoms with van der Waals surface area (Å²) in [5.41, 5.74) is 1.34. The Hall–Kier alpha value is -3.18. The number of allylic oxidation sites excluding steroid dienone is 4. The van der Waals surface area contributed by atoms with E-state index in [-0.39, 0.29) is 0 Å². The van der Waals surface area contributed by atoms with Crippen molar-refractivity contribution < 1.29 is 9.13 Å². The van der Waals surface area contributed by atoms with Crippen LogP contribution in [0.2, 0.25) is 5.02 Å². The highest BCUT2D eigenvalue weighted by molar-refractivity contribution is 7.09. The molecule has 32 heavy (non-hydrogen) atoms. The van der Waals surface area contributed by atoms with E-state index in [1.165, 1.54) is 23.3 Å². The molecule has 3 aromatic heterocycles. The summed E-state index contributed by atoms with van der Waals surface area (Å²) in [5.74, 6) is 1.13. The van der Waals surface area contributed by atoms with Crippen molar-refractivity contribution in [3.63, 3.8) is 0 Å². The van der Waals surface area contributed by atoms with Crippen LogP contribution in [-0.4, -0.2) is 48.2 Å². The van der Waals surface area contributed by atoms with Crippen LogP contribution in [0.15, 0.2) is 54.9 Å². The number of rotatable bonds is 8. The van der Waals surface area contributed by atoms with E-state index in [0.717, 1.165) is 36.6 Å². The molecular weight excluding hydrogens is 455 g/mol. The monoisotopic (exact) mass is 474 g/mol. The topological polar surface area (TPSA) is 94.7 Å². The number of hydrogen-bond acceptors (Lipinski definition) is 9. The predicted molar refractivity (Wildman–Crippen MR) is 120 cm³/mol. The maximum absolute atomic E-state index is 12.5. The van der Waals surface area contributed by atoms with E-state index in [1.54, 1.807) is 35.9 Å². The number of tetrazole rings is 1. The van der Waals surface area contributed by atoms with Crippen LogP contribution in [-0.2, 0) is 11.3 Å². The molecule has 0 spiro atoms. The Morgan fingerprint density at radius 3 is 2.81 bits per heavy atom. The summed E-state index contributed by atoms with van der Waals surface area (Å²) >= 11 is 7.52. The summed E-state index contributed by atoms with van der Waals surface area (Å²) in [6, 6.07) is 0. The lowest BCUT2D eigenvalue weighted by molar-refractivity contribution is 0.233. The molecule has 0 bridgehead atoms. The molecule has 0 saturated carbocycles. The molecule has 0 aliphatic carbocycles. The van der Waals surface area contributed by atoms with E-state index >= 15 is 0 Å². The van der Waals surface area contributed by atoms with Crippen molar-refractivity contribution in [3.05, 3.63) is 70.6 Å². The largest absolute Gasteiger partial charge is 0.495 e. The SMILES string of the molecule is F/C=C/C(=C\C=C\OCc1csc(C2CCN(c3ncc(Cl)cn3)CC2)n1)n1cnnn1. The molecule has 0 N–H and O–H groups in total. The summed E-state index contributed by atoms with van der Waals surface area (Å²) < 4.78 is 19.4. The summed E-state index contributed by atoms with van der Waals surface area (Å²) in [4.78, 5) is 15.5. The molecule has 3 aromatic rings. The summed E-state index contributed by atoms with van der Waals surface area (Å²) in [5, 5.41) is 14.5. The molecule has 1 fully saturated rings. The highest BCUT2D eigenvalue weighted by atomic mass is 35.5. The van der Waals surface area contributed by atoms with E-state index in [0.29, 0.717) is 35.5 Å². The molecule has 0 aromatic carbocycles. The first kappa shape index (κ1) is 22.0. The first-order valence-electron chi connectivity index (χ1n) is 9.88. The zero-order chi connectivity index (χ0) is 22.2. The molecule has 9 nitrogen and oxygen atoms in total. The van der Waals surface area contributed by atoms with Crippen molar-refractivity contribution >= 4 is 34.6 Å². The molecule has 0 amide bonds. The Labute approximate surface area is 192 Å². The van der Waals surface area contributed by atoms with Gasteiger partial charge in [0.1, 0.15) is 12.9 Å². The van der Waals surface area contributed by atoms with Crippen LogP contribution in [0, 0.1) is 0 Å². The lowest BCUT2D eigenvalue weighted by atomic mass is 9.98. The summed E-state index contributed by atoms with van der Waals surface area (Å²) in [6.07, 6.45) is 13.1. The van der Waals surface area contributed by atoms with E-state index in [2.05, 4.69) is 30.4 Å². The number of halogens is 2.